The Morgan fingerprint density at radius 2 is 1.47 bits per heavy atom. The van der Waals surface area contributed by atoms with Crippen LogP contribution in [-0.2, 0) is 6.54 Å². The van der Waals surface area contributed by atoms with E-state index in [9.17, 15) is 4.39 Å². The number of aromatic nitrogens is 2. The summed E-state index contributed by atoms with van der Waals surface area (Å²) in [5, 5.41) is 0. The fraction of sp³-hybridized carbons (Fsp3) is 0.537. The molecule has 1 aromatic heterocycles. The smallest absolute Gasteiger partial charge is 0.150 e. The summed E-state index contributed by atoms with van der Waals surface area (Å²) in [6.07, 6.45) is 6.32. The first-order valence-corrected chi connectivity index (χ1v) is 19.0. The van der Waals surface area contributed by atoms with E-state index in [4.69, 9.17) is 23.9 Å². The molecule has 0 radical (unpaired) electrons. The van der Waals surface area contributed by atoms with Crippen molar-refractivity contribution in [3.8, 4) is 40.1 Å². The Kier molecular flexibility index (Phi) is 14.8. The van der Waals surface area contributed by atoms with Crippen molar-refractivity contribution in [3.05, 3.63) is 60.4 Å². The van der Waals surface area contributed by atoms with Crippen LogP contribution in [0.15, 0.2) is 54.6 Å². The highest BCUT2D eigenvalue weighted by Gasteiger charge is 2.22. The van der Waals surface area contributed by atoms with Gasteiger partial charge < -0.3 is 33.3 Å². The summed E-state index contributed by atoms with van der Waals surface area (Å²) in [5.74, 6) is 3.66. The van der Waals surface area contributed by atoms with Gasteiger partial charge in [0.05, 0.1) is 24.3 Å². The molecular formula is C41H58FN5O4. The van der Waals surface area contributed by atoms with E-state index in [-0.39, 0.29) is 5.82 Å². The number of unbranched alkanes of at least 4 members (excludes halogenated alkanes) is 1. The molecule has 51 heavy (non-hydrogen) atoms. The van der Waals surface area contributed by atoms with E-state index >= 15 is 0 Å². The van der Waals surface area contributed by atoms with Crippen LogP contribution in [0.3, 0.4) is 0 Å². The number of ether oxygens (including phenoxy) is 4. The molecule has 1 aliphatic rings. The third kappa shape index (κ3) is 11.1. The van der Waals surface area contributed by atoms with Crippen molar-refractivity contribution in [1.29, 1.82) is 0 Å². The Morgan fingerprint density at radius 1 is 0.745 bits per heavy atom. The van der Waals surface area contributed by atoms with Gasteiger partial charge in [-0.15, -0.1) is 0 Å². The van der Waals surface area contributed by atoms with Gasteiger partial charge in [-0.1, -0.05) is 33.3 Å². The predicted octanol–water partition coefficient (Wildman–Crippen LogP) is 8.35. The van der Waals surface area contributed by atoms with Crippen LogP contribution in [0.4, 0.5) is 4.39 Å². The molecule has 1 aliphatic heterocycles. The first kappa shape index (κ1) is 38.4. The number of fused-ring (bicyclic) bond motifs is 1. The van der Waals surface area contributed by atoms with E-state index in [0.717, 1.165) is 112 Å². The molecule has 0 saturated carbocycles. The lowest BCUT2D eigenvalue weighted by atomic mass is 10.1. The Morgan fingerprint density at radius 3 is 2.22 bits per heavy atom. The highest BCUT2D eigenvalue weighted by atomic mass is 19.1. The minimum Gasteiger partial charge on any atom is -0.493 e. The van der Waals surface area contributed by atoms with Crippen molar-refractivity contribution in [2.45, 2.75) is 65.8 Å². The topological polar surface area (TPSA) is 64.5 Å². The largest absolute Gasteiger partial charge is 0.493 e. The highest BCUT2D eigenvalue weighted by Crippen LogP contribution is 2.40. The standard InChI is InChI=1S/C41H58FN5O4/c1-6-9-23-47-37-29-35(48-25-13-19-44(4)5)31-39(49-26-14-22-45(7-2)8-3)40(37)43-41(47)36-18-17-34(51-33-16-12-15-32(42)28-33)30-38(36)50-27-24-46-20-10-11-21-46/h12,15-18,28-31H,6-11,13-14,19-27H2,1-5H3. The zero-order valence-corrected chi connectivity index (χ0v) is 31.5. The first-order chi connectivity index (χ1) is 24.9. The molecule has 1 fully saturated rings. The molecule has 278 valence electrons. The summed E-state index contributed by atoms with van der Waals surface area (Å²) in [6, 6.07) is 16.1. The van der Waals surface area contributed by atoms with Gasteiger partial charge in [0.25, 0.3) is 0 Å². The highest BCUT2D eigenvalue weighted by molar-refractivity contribution is 5.88. The fourth-order valence-corrected chi connectivity index (χ4v) is 6.52. The van der Waals surface area contributed by atoms with Crippen molar-refractivity contribution in [1.82, 2.24) is 24.3 Å². The number of nitrogens with zero attached hydrogens (tertiary/aromatic N) is 5. The zero-order chi connectivity index (χ0) is 36.0. The van der Waals surface area contributed by atoms with Crippen LogP contribution in [0.1, 0.15) is 59.3 Å². The number of likely N-dealkylation sites (tertiary alicyclic amines) is 1. The molecule has 0 N–H and O–H groups in total. The second kappa shape index (κ2) is 19.7. The molecule has 1 saturated heterocycles. The van der Waals surface area contributed by atoms with Crippen LogP contribution >= 0.6 is 0 Å². The summed E-state index contributed by atoms with van der Waals surface area (Å²) in [6.45, 7) is 16.1. The van der Waals surface area contributed by atoms with Crippen LogP contribution in [0.5, 0.6) is 28.7 Å². The van der Waals surface area contributed by atoms with Crippen LogP contribution in [0.2, 0.25) is 0 Å². The second-order valence-electron chi connectivity index (χ2n) is 13.6. The third-order valence-corrected chi connectivity index (χ3v) is 9.41. The molecule has 0 atom stereocenters. The van der Waals surface area contributed by atoms with Crippen LogP contribution in [0, 0.1) is 5.82 Å². The fourth-order valence-electron chi connectivity index (χ4n) is 6.52. The molecule has 5 rings (SSSR count). The first-order valence-electron chi connectivity index (χ1n) is 19.0. The van der Waals surface area contributed by atoms with Crippen LogP contribution in [-0.4, -0.2) is 104 Å². The van der Waals surface area contributed by atoms with Crippen LogP contribution in [0.25, 0.3) is 22.4 Å². The SMILES string of the molecule is CCCCn1c(-c2ccc(Oc3cccc(F)c3)cc2OCCN2CCCC2)nc2c(OCCCN(CC)CC)cc(OCCCN(C)C)cc21. The Labute approximate surface area is 304 Å². The molecule has 0 bridgehead atoms. The molecule has 0 unspecified atom stereocenters. The van der Waals surface area contributed by atoms with Crippen molar-refractivity contribution in [2.75, 3.05) is 79.7 Å². The number of hydrogen-bond donors (Lipinski definition) is 0. The van der Waals surface area contributed by atoms with E-state index in [1.165, 1.54) is 25.0 Å². The summed E-state index contributed by atoms with van der Waals surface area (Å²) in [5.41, 5.74) is 2.66. The normalized spacial score (nSPS) is 13.5. The Hall–Kier alpha value is -3.86. The van der Waals surface area contributed by atoms with Gasteiger partial charge in [-0.2, -0.15) is 0 Å². The quantitative estimate of drug-likeness (QED) is 0.0758. The zero-order valence-electron chi connectivity index (χ0n) is 31.5. The van der Waals surface area contributed by atoms with Crippen molar-refractivity contribution in [2.24, 2.45) is 0 Å². The van der Waals surface area contributed by atoms with Gasteiger partial charge in [0.15, 0.2) is 5.75 Å². The van der Waals surface area contributed by atoms with E-state index in [1.54, 1.807) is 12.1 Å². The summed E-state index contributed by atoms with van der Waals surface area (Å²) in [7, 11) is 4.16. The van der Waals surface area contributed by atoms with Gasteiger partial charge in [0.1, 0.15) is 46.8 Å². The van der Waals surface area contributed by atoms with E-state index < -0.39 is 0 Å². The van der Waals surface area contributed by atoms with Gasteiger partial charge in [0.2, 0.25) is 0 Å². The van der Waals surface area contributed by atoms with Gasteiger partial charge in [-0.3, -0.25) is 4.90 Å². The average Bonchev–Trinajstić information content (AvgIpc) is 3.77. The van der Waals surface area contributed by atoms with Gasteiger partial charge in [0, 0.05) is 50.4 Å². The monoisotopic (exact) mass is 703 g/mol. The molecule has 0 spiro atoms. The molecule has 2 heterocycles. The molecule has 9 nitrogen and oxygen atoms in total. The lowest BCUT2D eigenvalue weighted by Gasteiger charge is -2.18. The lowest BCUT2D eigenvalue weighted by Crippen LogP contribution is -2.25. The number of benzene rings is 3. The number of aryl methyl sites for hydroxylation is 1. The number of halogens is 1. The minimum absolute atomic E-state index is 0.344. The van der Waals surface area contributed by atoms with E-state index in [1.807, 2.05) is 24.3 Å². The van der Waals surface area contributed by atoms with Crippen molar-refractivity contribution >= 4 is 11.0 Å². The molecule has 10 heteroatoms. The summed E-state index contributed by atoms with van der Waals surface area (Å²) < 4.78 is 41.8. The van der Waals surface area contributed by atoms with Crippen molar-refractivity contribution in [3.63, 3.8) is 0 Å². The third-order valence-electron chi connectivity index (χ3n) is 9.41. The van der Waals surface area contributed by atoms with E-state index in [0.29, 0.717) is 37.1 Å². The maximum atomic E-state index is 14.0. The summed E-state index contributed by atoms with van der Waals surface area (Å²) in [4.78, 5) is 12.3. The minimum atomic E-state index is -0.344. The van der Waals surface area contributed by atoms with Crippen LogP contribution < -0.4 is 18.9 Å². The molecular weight excluding hydrogens is 645 g/mol. The Bertz CT molecular complexity index is 1650. The lowest BCUT2D eigenvalue weighted by molar-refractivity contribution is 0.238. The van der Waals surface area contributed by atoms with Gasteiger partial charge in [-0.05, 0) is 96.6 Å². The van der Waals surface area contributed by atoms with E-state index in [2.05, 4.69) is 60.2 Å². The summed E-state index contributed by atoms with van der Waals surface area (Å²) >= 11 is 0. The number of rotatable bonds is 22. The van der Waals surface area contributed by atoms with Crippen molar-refractivity contribution < 1.29 is 23.3 Å². The molecule has 3 aromatic carbocycles. The number of hydrogen-bond acceptors (Lipinski definition) is 8. The molecule has 0 aliphatic carbocycles. The van der Waals surface area contributed by atoms with Gasteiger partial charge >= 0.3 is 0 Å². The molecule has 4 aromatic rings. The average molecular weight is 704 g/mol. The molecule has 0 amide bonds. The maximum absolute atomic E-state index is 14.0. The number of imidazole rings is 1. The predicted molar refractivity (Wildman–Crippen MR) is 204 cm³/mol. The maximum Gasteiger partial charge on any atom is 0.150 e. The second-order valence-corrected chi connectivity index (χ2v) is 13.6. The van der Waals surface area contributed by atoms with Gasteiger partial charge in [-0.25, -0.2) is 9.37 Å². The Balaban J connectivity index is 1.53.